The van der Waals surface area contributed by atoms with Crippen molar-refractivity contribution < 1.29 is 14.7 Å². The molecule has 1 aliphatic rings. The first-order valence-electron chi connectivity index (χ1n) is 8.33. The molecule has 1 aromatic carbocycles. The van der Waals surface area contributed by atoms with Gasteiger partial charge in [-0.05, 0) is 25.3 Å². The quantitative estimate of drug-likeness (QED) is 0.403. The van der Waals surface area contributed by atoms with E-state index in [0.717, 1.165) is 15.4 Å². The number of thiophene rings is 1. The number of ketones is 1. The number of nitrogens with zero attached hydrogens (tertiary/aromatic N) is 2. The minimum Gasteiger partial charge on any atom is -0.507 e. The summed E-state index contributed by atoms with van der Waals surface area (Å²) in [6, 6.07) is 11.8. The van der Waals surface area contributed by atoms with Crippen LogP contribution in [0.25, 0.3) is 5.76 Å². The Kier molecular flexibility index (Phi) is 4.41. The maximum Gasteiger partial charge on any atom is 0.301 e. The molecule has 0 saturated carbocycles. The number of carbonyl (C=O) groups is 2. The zero-order valence-electron chi connectivity index (χ0n) is 14.7. The van der Waals surface area contributed by atoms with E-state index in [-0.39, 0.29) is 11.3 Å². The molecule has 1 saturated heterocycles. The molecule has 27 heavy (non-hydrogen) atoms. The fraction of sp³-hybridized carbons (Fsp3) is 0.150. The smallest absolute Gasteiger partial charge is 0.301 e. The van der Waals surface area contributed by atoms with Gasteiger partial charge in [-0.3, -0.25) is 14.5 Å². The Bertz CT molecular complexity index is 1030. The molecule has 1 aliphatic heterocycles. The Labute approximate surface area is 164 Å². The van der Waals surface area contributed by atoms with E-state index in [4.69, 9.17) is 0 Å². The molecule has 4 rings (SSSR count). The molecule has 0 aliphatic carbocycles. The van der Waals surface area contributed by atoms with Crippen LogP contribution in [-0.2, 0) is 9.59 Å². The predicted molar refractivity (Wildman–Crippen MR) is 107 cm³/mol. The molecule has 1 fully saturated rings. The van der Waals surface area contributed by atoms with Crippen molar-refractivity contribution in [1.29, 1.82) is 0 Å². The zero-order valence-corrected chi connectivity index (χ0v) is 16.3. The molecule has 7 heteroatoms. The second-order valence-electron chi connectivity index (χ2n) is 6.19. The molecule has 0 radical (unpaired) electrons. The van der Waals surface area contributed by atoms with E-state index >= 15 is 0 Å². The van der Waals surface area contributed by atoms with Crippen LogP contribution >= 0.6 is 22.7 Å². The van der Waals surface area contributed by atoms with E-state index in [1.165, 1.54) is 27.6 Å². The van der Waals surface area contributed by atoms with Gasteiger partial charge in [0.15, 0.2) is 5.13 Å². The van der Waals surface area contributed by atoms with Crippen LogP contribution in [0.1, 0.15) is 27.1 Å². The van der Waals surface area contributed by atoms with Crippen molar-refractivity contribution in [2.75, 3.05) is 4.90 Å². The van der Waals surface area contributed by atoms with Crippen molar-refractivity contribution in [2.45, 2.75) is 19.9 Å². The predicted octanol–water partition coefficient (Wildman–Crippen LogP) is 4.45. The topological polar surface area (TPSA) is 70.5 Å². The lowest BCUT2D eigenvalue weighted by atomic mass is 10.00. The average Bonchev–Trinajstić information content (AvgIpc) is 3.36. The minimum atomic E-state index is -0.694. The van der Waals surface area contributed by atoms with Crippen molar-refractivity contribution in [3.8, 4) is 0 Å². The highest BCUT2D eigenvalue weighted by molar-refractivity contribution is 7.16. The number of aryl methyl sites for hydroxylation is 2. The maximum absolute atomic E-state index is 12.9. The van der Waals surface area contributed by atoms with Gasteiger partial charge in [-0.1, -0.05) is 36.4 Å². The van der Waals surface area contributed by atoms with Gasteiger partial charge < -0.3 is 5.11 Å². The Morgan fingerprint density at radius 2 is 1.85 bits per heavy atom. The third-order valence-electron chi connectivity index (χ3n) is 4.53. The van der Waals surface area contributed by atoms with E-state index in [1.54, 1.807) is 24.3 Å². The molecule has 1 atom stereocenters. The van der Waals surface area contributed by atoms with Gasteiger partial charge in [0, 0.05) is 15.3 Å². The maximum atomic E-state index is 12.9. The van der Waals surface area contributed by atoms with Crippen molar-refractivity contribution in [1.82, 2.24) is 4.98 Å². The summed E-state index contributed by atoms with van der Waals surface area (Å²) in [5.41, 5.74) is 1.42. The fourth-order valence-corrected chi connectivity index (χ4v) is 4.82. The number of aliphatic hydroxyl groups excluding tert-OH is 1. The summed E-state index contributed by atoms with van der Waals surface area (Å²) < 4.78 is 0. The Hall–Kier alpha value is -2.77. The Morgan fingerprint density at radius 3 is 2.44 bits per heavy atom. The second kappa shape index (κ2) is 6.75. The van der Waals surface area contributed by atoms with Gasteiger partial charge in [0.25, 0.3) is 5.78 Å². The van der Waals surface area contributed by atoms with Gasteiger partial charge in [-0.2, -0.15) is 0 Å². The van der Waals surface area contributed by atoms with E-state index < -0.39 is 17.7 Å². The SMILES string of the molecule is Cc1nc(N2C(=O)C(=O)C(=C(O)c3ccccc3)C2c2cccs2)sc1C. The van der Waals surface area contributed by atoms with Gasteiger partial charge in [-0.15, -0.1) is 22.7 Å². The van der Waals surface area contributed by atoms with Crippen LogP contribution in [-0.4, -0.2) is 21.8 Å². The third-order valence-corrected chi connectivity index (χ3v) is 6.52. The first-order chi connectivity index (χ1) is 13.0. The normalized spacial score (nSPS) is 19.0. The molecule has 1 unspecified atom stereocenters. The number of hydrogen-bond acceptors (Lipinski definition) is 6. The number of aliphatic hydroxyl groups is 1. The number of benzene rings is 1. The Balaban J connectivity index is 1.94. The van der Waals surface area contributed by atoms with Gasteiger partial charge in [0.05, 0.1) is 11.3 Å². The lowest BCUT2D eigenvalue weighted by molar-refractivity contribution is -0.132. The summed E-state index contributed by atoms with van der Waals surface area (Å²) in [7, 11) is 0. The number of Topliss-reactive ketones (excluding diaryl/α,β-unsaturated/α-hetero) is 1. The number of thiazole rings is 1. The molecule has 3 heterocycles. The molecule has 3 aromatic rings. The van der Waals surface area contributed by atoms with Crippen LogP contribution in [0, 0.1) is 13.8 Å². The van der Waals surface area contributed by atoms with Gasteiger partial charge in [-0.25, -0.2) is 4.98 Å². The number of amides is 1. The standard InChI is InChI=1S/C20H16N2O3S2/c1-11-12(2)27-20(21-11)22-16(14-9-6-10-26-14)15(18(24)19(22)25)17(23)13-7-4-3-5-8-13/h3-10,16,23H,1-2H3. The minimum absolute atomic E-state index is 0.0964. The first kappa shape index (κ1) is 17.6. The highest BCUT2D eigenvalue weighted by atomic mass is 32.1. The van der Waals surface area contributed by atoms with Crippen molar-refractivity contribution in [3.05, 3.63) is 74.4 Å². The van der Waals surface area contributed by atoms with Crippen LogP contribution in [0.2, 0.25) is 0 Å². The van der Waals surface area contributed by atoms with E-state index in [9.17, 15) is 14.7 Å². The highest BCUT2D eigenvalue weighted by Gasteiger charge is 2.48. The monoisotopic (exact) mass is 396 g/mol. The van der Waals surface area contributed by atoms with Crippen LogP contribution in [0.15, 0.2) is 53.4 Å². The van der Waals surface area contributed by atoms with Gasteiger partial charge in [0.1, 0.15) is 11.8 Å². The van der Waals surface area contributed by atoms with Crippen LogP contribution < -0.4 is 4.90 Å². The molecule has 0 spiro atoms. The van der Waals surface area contributed by atoms with E-state index in [2.05, 4.69) is 4.98 Å². The van der Waals surface area contributed by atoms with Gasteiger partial charge in [0.2, 0.25) is 0 Å². The second-order valence-corrected chi connectivity index (χ2v) is 8.35. The highest BCUT2D eigenvalue weighted by Crippen LogP contribution is 2.44. The molecular weight excluding hydrogens is 380 g/mol. The van der Waals surface area contributed by atoms with Crippen molar-refractivity contribution >= 4 is 45.3 Å². The number of anilines is 1. The van der Waals surface area contributed by atoms with Crippen LogP contribution in [0.3, 0.4) is 0 Å². The summed E-state index contributed by atoms with van der Waals surface area (Å²) in [5.74, 6) is -1.53. The van der Waals surface area contributed by atoms with Crippen molar-refractivity contribution in [2.24, 2.45) is 0 Å². The molecular formula is C20H16N2O3S2. The summed E-state index contributed by atoms with van der Waals surface area (Å²) in [6.45, 7) is 3.80. The molecule has 1 amide bonds. The van der Waals surface area contributed by atoms with Crippen LogP contribution in [0.5, 0.6) is 0 Å². The average molecular weight is 396 g/mol. The molecule has 5 nitrogen and oxygen atoms in total. The largest absolute Gasteiger partial charge is 0.507 e. The Morgan fingerprint density at radius 1 is 1.11 bits per heavy atom. The molecule has 136 valence electrons. The third kappa shape index (κ3) is 2.89. The molecule has 1 N–H and O–H groups in total. The summed E-state index contributed by atoms with van der Waals surface area (Å²) in [4.78, 5) is 33.4. The fourth-order valence-electron chi connectivity index (χ4n) is 3.06. The van der Waals surface area contributed by atoms with E-state index in [0.29, 0.717) is 10.7 Å². The van der Waals surface area contributed by atoms with Gasteiger partial charge >= 0.3 is 5.91 Å². The number of hydrogen-bond donors (Lipinski definition) is 1. The lowest BCUT2D eigenvalue weighted by Crippen LogP contribution is -2.29. The number of aromatic nitrogens is 1. The van der Waals surface area contributed by atoms with E-state index in [1.807, 2.05) is 37.4 Å². The first-order valence-corrected chi connectivity index (χ1v) is 10.0. The molecule has 0 bridgehead atoms. The number of carbonyl (C=O) groups excluding carboxylic acids is 2. The number of rotatable bonds is 3. The lowest BCUT2D eigenvalue weighted by Gasteiger charge is -2.21. The van der Waals surface area contributed by atoms with Crippen LogP contribution in [0.4, 0.5) is 5.13 Å². The summed E-state index contributed by atoms with van der Waals surface area (Å²) >= 11 is 2.81. The molecule has 2 aromatic heterocycles. The summed E-state index contributed by atoms with van der Waals surface area (Å²) in [5, 5.41) is 13.2. The zero-order chi connectivity index (χ0) is 19.1. The summed E-state index contributed by atoms with van der Waals surface area (Å²) in [6.07, 6.45) is 0. The van der Waals surface area contributed by atoms with Crippen molar-refractivity contribution in [3.63, 3.8) is 0 Å².